The van der Waals surface area contributed by atoms with E-state index in [0.29, 0.717) is 11.2 Å². The van der Waals surface area contributed by atoms with E-state index < -0.39 is 7.60 Å². The number of fused-ring (bicyclic) bond motifs is 1. The van der Waals surface area contributed by atoms with E-state index in [4.69, 9.17) is 15.5 Å². The molecule has 2 rings (SSSR count). The van der Waals surface area contributed by atoms with Crippen LogP contribution in [0.1, 0.15) is 0 Å². The minimum atomic E-state index is -4.02. The molecular formula is C7H10N5O3P. The molecule has 16 heavy (non-hydrogen) atoms. The molecule has 86 valence electrons. The van der Waals surface area contributed by atoms with Gasteiger partial charge in [0, 0.05) is 6.54 Å². The molecule has 0 spiro atoms. The maximum Gasteiger partial charge on any atom is 0.327 e. The standard InChI is InChI=1S/C7H10N5O3P/c8-6-5-7(10-3-9-6)12(4-11-5)1-2-16(13,14)15/h3-4H,1-2H2,(H2,8,9,10)(H2,13,14,15). The lowest BCUT2D eigenvalue weighted by molar-refractivity contribution is 0.370. The lowest BCUT2D eigenvalue weighted by Crippen LogP contribution is -2.03. The van der Waals surface area contributed by atoms with Crippen LogP contribution in [0.2, 0.25) is 0 Å². The SMILES string of the molecule is Nc1ncnc2c1ncn2CCP(=O)(O)O. The van der Waals surface area contributed by atoms with Gasteiger partial charge >= 0.3 is 7.60 Å². The van der Waals surface area contributed by atoms with E-state index in [1.807, 2.05) is 0 Å². The Morgan fingerprint density at radius 2 is 2.12 bits per heavy atom. The second-order valence-corrected chi connectivity index (χ2v) is 5.03. The third kappa shape index (κ3) is 2.19. The Hall–Kier alpha value is -1.50. The number of hydrogen-bond acceptors (Lipinski definition) is 5. The Kier molecular flexibility index (Phi) is 2.63. The summed E-state index contributed by atoms with van der Waals surface area (Å²) in [6, 6.07) is 0. The number of imidazole rings is 1. The number of aryl methyl sites for hydroxylation is 1. The van der Waals surface area contributed by atoms with Gasteiger partial charge in [0.05, 0.1) is 12.5 Å². The Balaban J connectivity index is 2.32. The molecule has 0 radical (unpaired) electrons. The summed E-state index contributed by atoms with van der Waals surface area (Å²) in [4.78, 5) is 29.2. The summed E-state index contributed by atoms with van der Waals surface area (Å²) >= 11 is 0. The van der Waals surface area contributed by atoms with Gasteiger partial charge in [-0.05, 0) is 0 Å². The predicted molar refractivity (Wildman–Crippen MR) is 56.6 cm³/mol. The predicted octanol–water partition coefficient (Wildman–Crippen LogP) is -0.414. The first-order valence-electron chi connectivity index (χ1n) is 4.43. The summed E-state index contributed by atoms with van der Waals surface area (Å²) < 4.78 is 12.3. The Bertz CT molecular complexity index is 562. The van der Waals surface area contributed by atoms with Crippen molar-refractivity contribution in [3.63, 3.8) is 0 Å². The van der Waals surface area contributed by atoms with Gasteiger partial charge in [0.1, 0.15) is 11.8 Å². The third-order valence-corrected chi connectivity index (χ3v) is 2.84. The molecule has 9 heteroatoms. The van der Waals surface area contributed by atoms with Gasteiger partial charge in [-0.2, -0.15) is 0 Å². The zero-order valence-corrected chi connectivity index (χ0v) is 9.08. The molecule has 0 bridgehead atoms. The number of nitrogens with zero attached hydrogens (tertiary/aromatic N) is 4. The summed E-state index contributed by atoms with van der Waals surface area (Å²) in [7, 11) is -4.02. The van der Waals surface area contributed by atoms with Crippen molar-refractivity contribution < 1.29 is 14.4 Å². The first-order chi connectivity index (χ1) is 7.47. The third-order valence-electron chi connectivity index (χ3n) is 2.06. The number of nitrogen functional groups attached to an aromatic ring is 1. The van der Waals surface area contributed by atoms with Crippen molar-refractivity contribution in [2.75, 3.05) is 11.9 Å². The van der Waals surface area contributed by atoms with E-state index in [1.165, 1.54) is 17.2 Å². The molecule has 0 saturated carbocycles. The molecule has 0 atom stereocenters. The molecule has 0 aliphatic carbocycles. The van der Waals surface area contributed by atoms with Crippen LogP contribution < -0.4 is 5.73 Å². The second-order valence-electron chi connectivity index (χ2n) is 3.26. The highest BCUT2D eigenvalue weighted by molar-refractivity contribution is 7.51. The largest absolute Gasteiger partial charge is 0.382 e. The van der Waals surface area contributed by atoms with Crippen molar-refractivity contribution in [2.24, 2.45) is 0 Å². The van der Waals surface area contributed by atoms with Gasteiger partial charge in [-0.3, -0.25) is 4.57 Å². The molecule has 2 heterocycles. The van der Waals surface area contributed by atoms with Crippen LogP contribution in [0.5, 0.6) is 0 Å². The smallest absolute Gasteiger partial charge is 0.327 e. The molecule has 0 aliphatic rings. The van der Waals surface area contributed by atoms with Crippen LogP contribution in [-0.4, -0.2) is 35.5 Å². The lowest BCUT2D eigenvalue weighted by atomic mass is 10.5. The molecule has 2 aromatic rings. The van der Waals surface area contributed by atoms with E-state index in [9.17, 15) is 4.57 Å². The van der Waals surface area contributed by atoms with Crippen LogP contribution in [0.15, 0.2) is 12.7 Å². The van der Waals surface area contributed by atoms with Crippen molar-refractivity contribution in [2.45, 2.75) is 6.54 Å². The maximum absolute atomic E-state index is 10.7. The van der Waals surface area contributed by atoms with Crippen molar-refractivity contribution in [3.05, 3.63) is 12.7 Å². The quantitative estimate of drug-likeness (QED) is 0.625. The first-order valence-corrected chi connectivity index (χ1v) is 6.23. The Morgan fingerprint density at radius 1 is 1.38 bits per heavy atom. The fourth-order valence-corrected chi connectivity index (χ4v) is 1.78. The molecule has 0 aliphatic heterocycles. The van der Waals surface area contributed by atoms with Gasteiger partial charge in [-0.1, -0.05) is 0 Å². The van der Waals surface area contributed by atoms with Gasteiger partial charge in [0.15, 0.2) is 11.5 Å². The fraction of sp³-hybridized carbons (Fsp3) is 0.286. The highest BCUT2D eigenvalue weighted by atomic mass is 31.2. The van der Waals surface area contributed by atoms with Crippen LogP contribution in [-0.2, 0) is 11.1 Å². The van der Waals surface area contributed by atoms with Crippen molar-refractivity contribution in [3.8, 4) is 0 Å². The van der Waals surface area contributed by atoms with Crippen molar-refractivity contribution >= 4 is 24.6 Å². The average Bonchev–Trinajstić information content (AvgIpc) is 2.58. The monoisotopic (exact) mass is 243 g/mol. The summed E-state index contributed by atoms with van der Waals surface area (Å²) in [6.07, 6.45) is 2.46. The minimum absolute atomic E-state index is 0.136. The van der Waals surface area contributed by atoms with Gasteiger partial charge < -0.3 is 20.1 Å². The van der Waals surface area contributed by atoms with Crippen LogP contribution in [0.25, 0.3) is 11.2 Å². The summed E-state index contributed by atoms with van der Waals surface area (Å²) in [5.41, 5.74) is 6.48. The topological polar surface area (TPSA) is 127 Å². The number of rotatable bonds is 3. The van der Waals surface area contributed by atoms with Gasteiger partial charge in [-0.25, -0.2) is 15.0 Å². The molecule has 4 N–H and O–H groups in total. The first kappa shape index (κ1) is 11.0. The van der Waals surface area contributed by atoms with E-state index in [1.54, 1.807) is 0 Å². The zero-order chi connectivity index (χ0) is 11.8. The van der Waals surface area contributed by atoms with Crippen LogP contribution in [0.3, 0.4) is 0 Å². The van der Waals surface area contributed by atoms with Gasteiger partial charge in [0.25, 0.3) is 0 Å². The molecular weight excluding hydrogens is 233 g/mol. The second kappa shape index (κ2) is 3.82. The van der Waals surface area contributed by atoms with Crippen LogP contribution in [0.4, 0.5) is 5.82 Å². The van der Waals surface area contributed by atoms with E-state index in [-0.39, 0.29) is 18.5 Å². The molecule has 8 nitrogen and oxygen atoms in total. The lowest BCUT2D eigenvalue weighted by Gasteiger charge is -2.04. The molecule has 2 aromatic heterocycles. The van der Waals surface area contributed by atoms with Gasteiger partial charge in [-0.15, -0.1) is 0 Å². The van der Waals surface area contributed by atoms with E-state index >= 15 is 0 Å². The van der Waals surface area contributed by atoms with Crippen LogP contribution in [0, 0.1) is 0 Å². The average molecular weight is 243 g/mol. The summed E-state index contributed by atoms with van der Waals surface area (Å²) in [5.74, 6) is 0.250. The normalized spacial score (nSPS) is 12.1. The summed E-state index contributed by atoms with van der Waals surface area (Å²) in [5, 5.41) is 0. The zero-order valence-electron chi connectivity index (χ0n) is 8.19. The minimum Gasteiger partial charge on any atom is -0.382 e. The number of nitrogens with two attached hydrogens (primary N) is 1. The van der Waals surface area contributed by atoms with Crippen molar-refractivity contribution in [1.29, 1.82) is 0 Å². The molecule has 0 aromatic carbocycles. The maximum atomic E-state index is 10.7. The highest BCUT2D eigenvalue weighted by Crippen LogP contribution is 2.34. The molecule has 0 amide bonds. The molecule has 0 saturated heterocycles. The van der Waals surface area contributed by atoms with E-state index in [2.05, 4.69) is 15.0 Å². The Morgan fingerprint density at radius 3 is 2.81 bits per heavy atom. The molecule has 0 unspecified atom stereocenters. The fourth-order valence-electron chi connectivity index (χ4n) is 1.30. The number of anilines is 1. The van der Waals surface area contributed by atoms with Crippen LogP contribution >= 0.6 is 7.60 Å². The number of aromatic nitrogens is 4. The molecule has 0 fully saturated rings. The van der Waals surface area contributed by atoms with Crippen molar-refractivity contribution in [1.82, 2.24) is 19.5 Å². The Labute approximate surface area is 90.3 Å². The highest BCUT2D eigenvalue weighted by Gasteiger charge is 2.14. The van der Waals surface area contributed by atoms with E-state index in [0.717, 1.165) is 0 Å². The van der Waals surface area contributed by atoms with Gasteiger partial charge in [0.2, 0.25) is 0 Å². The number of hydrogen-bond donors (Lipinski definition) is 3. The summed E-state index contributed by atoms with van der Waals surface area (Å²) in [6.45, 7) is 0.136.